The van der Waals surface area contributed by atoms with Crippen molar-refractivity contribution in [2.75, 3.05) is 0 Å². The van der Waals surface area contributed by atoms with Gasteiger partial charge in [0.05, 0.1) is 11.7 Å². The third-order valence-electron chi connectivity index (χ3n) is 3.89. The molecule has 0 bridgehead atoms. The summed E-state index contributed by atoms with van der Waals surface area (Å²) in [6, 6.07) is 0.190. The van der Waals surface area contributed by atoms with Crippen LogP contribution < -0.4 is 5.32 Å². The van der Waals surface area contributed by atoms with E-state index in [9.17, 15) is 9.90 Å². The van der Waals surface area contributed by atoms with E-state index in [1.54, 1.807) is 0 Å². The number of aliphatic hydroxyl groups excluding tert-OH is 1. The highest BCUT2D eigenvalue weighted by Gasteiger charge is 2.32. The second kappa shape index (κ2) is 5.57. The molecule has 0 heterocycles. The van der Waals surface area contributed by atoms with Crippen LogP contribution in [0.2, 0.25) is 0 Å². The van der Waals surface area contributed by atoms with E-state index in [0.717, 1.165) is 19.3 Å². The minimum Gasteiger partial charge on any atom is -0.379 e. The number of rotatable bonds is 5. The fourth-order valence-electron chi connectivity index (χ4n) is 2.53. The molecule has 2 aliphatic rings. The van der Waals surface area contributed by atoms with Crippen molar-refractivity contribution >= 4 is 5.78 Å². The van der Waals surface area contributed by atoms with Crippen molar-refractivity contribution in [3.63, 3.8) is 0 Å². The standard InChI is InChI=1S/C16H21NO2/c1-4-11(5-2)8-12-10(3)6-7-13(12)17-14-9-15(18)16(14)19/h4,8-9,13,16-17,19H,1,5-7H2,2-3H3/b11-8+. The predicted molar refractivity (Wildman–Crippen MR) is 76.5 cm³/mol. The van der Waals surface area contributed by atoms with E-state index in [1.807, 2.05) is 6.08 Å². The Kier molecular flexibility index (Phi) is 4.05. The molecule has 0 aromatic heterocycles. The van der Waals surface area contributed by atoms with Gasteiger partial charge >= 0.3 is 0 Å². The largest absolute Gasteiger partial charge is 0.379 e. The zero-order valence-electron chi connectivity index (χ0n) is 11.6. The van der Waals surface area contributed by atoms with E-state index >= 15 is 0 Å². The first kappa shape index (κ1) is 13.8. The van der Waals surface area contributed by atoms with E-state index in [4.69, 9.17) is 0 Å². The highest BCUT2D eigenvalue weighted by Crippen LogP contribution is 2.30. The summed E-state index contributed by atoms with van der Waals surface area (Å²) >= 11 is 0. The van der Waals surface area contributed by atoms with Crippen LogP contribution in [0.15, 0.2) is 47.2 Å². The summed E-state index contributed by atoms with van der Waals surface area (Å²) in [4.78, 5) is 11.0. The van der Waals surface area contributed by atoms with Crippen molar-refractivity contribution in [2.24, 2.45) is 0 Å². The van der Waals surface area contributed by atoms with E-state index in [0.29, 0.717) is 5.70 Å². The molecule has 0 aliphatic heterocycles. The minimum absolute atomic E-state index is 0.190. The Labute approximate surface area is 114 Å². The summed E-state index contributed by atoms with van der Waals surface area (Å²) in [6.45, 7) is 8.08. The second-order valence-corrected chi connectivity index (χ2v) is 5.15. The summed E-state index contributed by atoms with van der Waals surface area (Å²) in [5, 5.41) is 12.8. The maximum atomic E-state index is 11.0. The van der Waals surface area contributed by atoms with Crippen molar-refractivity contribution in [3.05, 3.63) is 47.2 Å². The van der Waals surface area contributed by atoms with Gasteiger partial charge in [-0.2, -0.15) is 0 Å². The lowest BCUT2D eigenvalue weighted by atomic mass is 9.97. The van der Waals surface area contributed by atoms with E-state index in [2.05, 4.69) is 31.8 Å². The Balaban J connectivity index is 2.14. The lowest BCUT2D eigenvalue weighted by Gasteiger charge is -2.26. The van der Waals surface area contributed by atoms with Crippen LogP contribution in [-0.2, 0) is 4.79 Å². The smallest absolute Gasteiger partial charge is 0.191 e. The molecule has 3 nitrogen and oxygen atoms in total. The summed E-state index contributed by atoms with van der Waals surface area (Å²) in [5.41, 5.74) is 4.49. The molecule has 2 rings (SSSR count). The molecule has 0 aromatic rings. The molecule has 0 radical (unpaired) electrons. The van der Waals surface area contributed by atoms with Gasteiger partial charge < -0.3 is 10.4 Å². The number of allylic oxidation sites excluding steroid dienone is 3. The van der Waals surface area contributed by atoms with E-state index < -0.39 is 6.10 Å². The van der Waals surface area contributed by atoms with Crippen LogP contribution in [0.4, 0.5) is 0 Å². The quantitative estimate of drug-likeness (QED) is 0.745. The van der Waals surface area contributed by atoms with Gasteiger partial charge in [-0.15, -0.1) is 0 Å². The SMILES string of the molecule is C=C/C(=C\C1=C(C)CCC1NC1=CC(=O)C1O)CC. The molecule has 3 heteroatoms. The van der Waals surface area contributed by atoms with E-state index in [1.165, 1.54) is 22.8 Å². The Hall–Kier alpha value is -1.61. The maximum absolute atomic E-state index is 11.0. The molecular formula is C16H21NO2. The van der Waals surface area contributed by atoms with Gasteiger partial charge in [-0.05, 0) is 37.3 Å². The molecule has 2 atom stereocenters. The van der Waals surface area contributed by atoms with Gasteiger partial charge in [-0.3, -0.25) is 4.79 Å². The van der Waals surface area contributed by atoms with E-state index in [-0.39, 0.29) is 11.8 Å². The second-order valence-electron chi connectivity index (χ2n) is 5.15. The molecule has 0 aromatic carbocycles. The van der Waals surface area contributed by atoms with Crippen molar-refractivity contribution in [1.82, 2.24) is 5.32 Å². The average Bonchev–Trinajstić information content (AvgIpc) is 2.76. The molecule has 0 amide bonds. The number of hydrogen-bond donors (Lipinski definition) is 2. The van der Waals surface area contributed by atoms with Gasteiger partial charge in [0, 0.05) is 6.08 Å². The van der Waals surface area contributed by atoms with Crippen LogP contribution in [0.3, 0.4) is 0 Å². The van der Waals surface area contributed by atoms with Crippen LogP contribution in [0.1, 0.15) is 33.1 Å². The molecule has 0 spiro atoms. The summed E-state index contributed by atoms with van der Waals surface area (Å²) in [6.07, 6.45) is 7.61. The summed E-state index contributed by atoms with van der Waals surface area (Å²) < 4.78 is 0. The van der Waals surface area contributed by atoms with Crippen molar-refractivity contribution < 1.29 is 9.90 Å². The van der Waals surface area contributed by atoms with Crippen LogP contribution in [0.25, 0.3) is 0 Å². The first-order valence-electron chi connectivity index (χ1n) is 6.79. The lowest BCUT2D eigenvalue weighted by Crippen LogP contribution is -2.42. The molecule has 19 heavy (non-hydrogen) atoms. The average molecular weight is 259 g/mol. The van der Waals surface area contributed by atoms with Crippen molar-refractivity contribution in [1.29, 1.82) is 0 Å². The highest BCUT2D eigenvalue weighted by molar-refractivity contribution is 6.03. The Morgan fingerprint density at radius 2 is 2.37 bits per heavy atom. The van der Waals surface area contributed by atoms with Crippen molar-refractivity contribution in [3.8, 4) is 0 Å². The zero-order valence-corrected chi connectivity index (χ0v) is 11.6. The molecule has 0 saturated carbocycles. The Morgan fingerprint density at radius 1 is 1.63 bits per heavy atom. The van der Waals surface area contributed by atoms with Crippen molar-refractivity contribution in [2.45, 2.75) is 45.3 Å². The monoisotopic (exact) mass is 259 g/mol. The number of aliphatic hydroxyl groups is 1. The topological polar surface area (TPSA) is 49.3 Å². The van der Waals surface area contributed by atoms with Gasteiger partial charge in [0.15, 0.2) is 11.9 Å². The Morgan fingerprint density at radius 3 is 2.89 bits per heavy atom. The van der Waals surface area contributed by atoms with Gasteiger partial charge in [0.25, 0.3) is 0 Å². The molecule has 2 N–H and O–H groups in total. The van der Waals surface area contributed by atoms with Crippen LogP contribution in [-0.4, -0.2) is 23.0 Å². The third-order valence-corrected chi connectivity index (χ3v) is 3.89. The molecule has 0 saturated heterocycles. The molecule has 0 fully saturated rings. The normalized spacial score (nSPS) is 27.2. The van der Waals surface area contributed by atoms with Crippen LogP contribution >= 0.6 is 0 Å². The predicted octanol–water partition coefficient (Wildman–Crippen LogP) is 2.40. The fourth-order valence-corrected chi connectivity index (χ4v) is 2.53. The molecule has 2 aliphatic carbocycles. The van der Waals surface area contributed by atoms with Gasteiger partial charge in [-0.1, -0.05) is 31.2 Å². The minimum atomic E-state index is -0.948. The molecule has 2 unspecified atom stereocenters. The highest BCUT2D eigenvalue weighted by atomic mass is 16.3. The summed E-state index contributed by atoms with van der Waals surface area (Å²) in [5.74, 6) is -0.210. The third kappa shape index (κ3) is 2.71. The molecular weight excluding hydrogens is 238 g/mol. The first-order chi connectivity index (χ1) is 9.06. The number of hydrogen-bond acceptors (Lipinski definition) is 3. The number of ketones is 1. The molecule has 102 valence electrons. The maximum Gasteiger partial charge on any atom is 0.191 e. The van der Waals surface area contributed by atoms with Gasteiger partial charge in [0.2, 0.25) is 0 Å². The Bertz CT molecular complexity index is 497. The zero-order chi connectivity index (χ0) is 14.0. The first-order valence-corrected chi connectivity index (χ1v) is 6.79. The number of carbonyl (C=O) groups is 1. The lowest BCUT2D eigenvalue weighted by molar-refractivity contribution is -0.123. The van der Waals surface area contributed by atoms with Crippen LogP contribution in [0.5, 0.6) is 0 Å². The van der Waals surface area contributed by atoms with Gasteiger partial charge in [0.1, 0.15) is 0 Å². The van der Waals surface area contributed by atoms with Crippen LogP contribution in [0, 0.1) is 0 Å². The number of carbonyl (C=O) groups excluding carboxylic acids is 1. The fraction of sp³-hybridized carbons (Fsp3) is 0.438. The number of nitrogens with one attached hydrogen (secondary N) is 1. The summed E-state index contributed by atoms with van der Waals surface area (Å²) in [7, 11) is 0. The van der Waals surface area contributed by atoms with Gasteiger partial charge in [-0.25, -0.2) is 0 Å².